The molecule has 9 heteroatoms. The van der Waals surface area contributed by atoms with Crippen LogP contribution in [-0.4, -0.2) is 54.5 Å². The Morgan fingerprint density at radius 1 is 1.39 bits per heavy atom. The van der Waals surface area contributed by atoms with E-state index in [-0.39, 0.29) is 29.6 Å². The number of carbonyl (C=O) groups is 2. The van der Waals surface area contributed by atoms with Gasteiger partial charge in [-0.3, -0.25) is 4.79 Å². The van der Waals surface area contributed by atoms with Gasteiger partial charge in [-0.05, 0) is 24.5 Å². The molecular weight excluding hydrogens is 322 g/mol. The highest BCUT2D eigenvalue weighted by Gasteiger charge is 2.27. The molecule has 1 amide bonds. The highest BCUT2D eigenvalue weighted by molar-refractivity contribution is 7.90. The molecular formula is C14H19N3O5S. The van der Waals surface area contributed by atoms with Crippen LogP contribution in [-0.2, 0) is 19.6 Å². The number of carbonyl (C=O) groups excluding carboxylic acids is 1. The Balaban J connectivity index is 2.11. The number of hydrogen-bond acceptors (Lipinski definition) is 5. The summed E-state index contributed by atoms with van der Waals surface area (Å²) in [5.41, 5.74) is 0.262. The first-order chi connectivity index (χ1) is 10.7. The molecule has 0 saturated carbocycles. The van der Waals surface area contributed by atoms with Crippen LogP contribution < -0.4 is 5.32 Å². The molecule has 0 unspecified atom stereocenters. The number of nitrogens with one attached hydrogen (secondary N) is 1. The lowest BCUT2D eigenvalue weighted by molar-refractivity contribution is -0.141. The van der Waals surface area contributed by atoms with Gasteiger partial charge in [-0.2, -0.15) is 0 Å². The number of carboxylic acid groups (broad SMARTS) is 1. The number of fused-ring (bicyclic) bond motifs is 1. The molecule has 0 aromatic carbocycles. The fraction of sp³-hybridized carbons (Fsp3) is 0.500. The molecule has 2 aliphatic heterocycles. The van der Waals surface area contributed by atoms with Crippen LogP contribution in [0.3, 0.4) is 0 Å². The predicted octanol–water partition coefficient (Wildman–Crippen LogP) is 0.0995. The quantitative estimate of drug-likeness (QED) is 0.732. The Bertz CT molecular complexity index is 706. The van der Waals surface area contributed by atoms with Gasteiger partial charge in [0.15, 0.2) is 0 Å². The van der Waals surface area contributed by atoms with E-state index in [0.717, 1.165) is 0 Å². The molecule has 0 aromatic heterocycles. The zero-order valence-electron chi connectivity index (χ0n) is 12.9. The SMILES string of the molecule is CC(C)C[C@H](NC(=O)C1=CN2CCS(=O)(=O)N=C2C=C1)C(=O)O. The van der Waals surface area contributed by atoms with Crippen molar-refractivity contribution in [1.29, 1.82) is 0 Å². The number of rotatable bonds is 5. The van der Waals surface area contributed by atoms with Gasteiger partial charge < -0.3 is 15.3 Å². The van der Waals surface area contributed by atoms with E-state index < -0.39 is 27.9 Å². The molecule has 0 bridgehead atoms. The standard InChI is InChI=1S/C14H19N3O5S/c1-9(2)7-11(14(19)20)15-13(18)10-3-4-12-16-23(21,22)6-5-17(12)8-10/h3-4,8-9,11H,5-7H2,1-2H3,(H,15,18)(H,19,20)/t11-/m0/s1. The third-order valence-corrected chi connectivity index (χ3v) is 4.56. The summed E-state index contributed by atoms with van der Waals surface area (Å²) in [6.07, 6.45) is 4.67. The summed E-state index contributed by atoms with van der Waals surface area (Å²) in [6.45, 7) is 3.95. The molecule has 0 aromatic rings. The van der Waals surface area contributed by atoms with E-state index in [9.17, 15) is 18.0 Å². The van der Waals surface area contributed by atoms with E-state index in [1.165, 1.54) is 18.4 Å². The molecule has 0 radical (unpaired) electrons. The molecule has 0 spiro atoms. The first-order valence-corrected chi connectivity index (χ1v) is 8.82. The van der Waals surface area contributed by atoms with Crippen molar-refractivity contribution in [1.82, 2.24) is 10.2 Å². The summed E-state index contributed by atoms with van der Waals surface area (Å²) in [7, 11) is -3.45. The van der Waals surface area contributed by atoms with E-state index in [4.69, 9.17) is 5.11 Å². The molecule has 1 atom stereocenters. The summed E-state index contributed by atoms with van der Waals surface area (Å²) in [5.74, 6) is -1.34. The van der Waals surface area contributed by atoms with Gasteiger partial charge in [0, 0.05) is 12.7 Å². The Hall–Kier alpha value is -2.16. The van der Waals surface area contributed by atoms with E-state index in [1.54, 1.807) is 4.90 Å². The highest BCUT2D eigenvalue weighted by atomic mass is 32.2. The number of aliphatic carboxylic acids is 1. The number of amides is 1. The van der Waals surface area contributed by atoms with Crippen LogP contribution in [0, 0.1) is 5.92 Å². The van der Waals surface area contributed by atoms with Crippen molar-refractivity contribution in [2.75, 3.05) is 12.3 Å². The van der Waals surface area contributed by atoms with E-state index in [0.29, 0.717) is 6.42 Å². The van der Waals surface area contributed by atoms with Crippen LogP contribution in [0.5, 0.6) is 0 Å². The fourth-order valence-corrected chi connectivity index (χ4v) is 3.24. The molecule has 0 fully saturated rings. The summed E-state index contributed by atoms with van der Waals surface area (Å²) in [4.78, 5) is 25.0. The molecule has 2 aliphatic rings. The molecule has 23 heavy (non-hydrogen) atoms. The third kappa shape index (κ3) is 4.41. The van der Waals surface area contributed by atoms with Crippen molar-refractivity contribution in [2.45, 2.75) is 26.3 Å². The largest absolute Gasteiger partial charge is 0.480 e. The van der Waals surface area contributed by atoms with Crippen molar-refractivity contribution < 1.29 is 23.1 Å². The summed E-state index contributed by atoms with van der Waals surface area (Å²) >= 11 is 0. The van der Waals surface area contributed by atoms with Crippen molar-refractivity contribution >= 4 is 27.7 Å². The van der Waals surface area contributed by atoms with Gasteiger partial charge in [0.05, 0.1) is 11.3 Å². The van der Waals surface area contributed by atoms with Gasteiger partial charge in [0.2, 0.25) is 0 Å². The van der Waals surface area contributed by atoms with Crippen LogP contribution in [0.1, 0.15) is 20.3 Å². The summed E-state index contributed by atoms with van der Waals surface area (Å²) in [6, 6.07) is -0.964. The maximum Gasteiger partial charge on any atom is 0.326 e. The molecule has 8 nitrogen and oxygen atoms in total. The minimum Gasteiger partial charge on any atom is -0.480 e. The molecule has 2 N–H and O–H groups in total. The Morgan fingerprint density at radius 2 is 2.09 bits per heavy atom. The normalized spacial score (nSPS) is 20.4. The first-order valence-electron chi connectivity index (χ1n) is 7.21. The van der Waals surface area contributed by atoms with Crippen molar-refractivity contribution in [3.05, 3.63) is 23.9 Å². The van der Waals surface area contributed by atoms with Crippen LogP contribution in [0.4, 0.5) is 0 Å². The Labute approximate surface area is 134 Å². The zero-order valence-corrected chi connectivity index (χ0v) is 13.7. The zero-order chi connectivity index (χ0) is 17.2. The van der Waals surface area contributed by atoms with Crippen LogP contribution in [0.15, 0.2) is 28.3 Å². The maximum atomic E-state index is 12.2. The number of amidine groups is 1. The van der Waals surface area contributed by atoms with Gasteiger partial charge >= 0.3 is 5.97 Å². The minimum atomic E-state index is -3.45. The van der Waals surface area contributed by atoms with Crippen molar-refractivity contribution in [2.24, 2.45) is 10.3 Å². The minimum absolute atomic E-state index is 0.123. The highest BCUT2D eigenvalue weighted by Crippen LogP contribution is 2.16. The van der Waals surface area contributed by atoms with Gasteiger partial charge in [-0.1, -0.05) is 13.8 Å². The van der Waals surface area contributed by atoms with Gasteiger partial charge in [0.25, 0.3) is 15.9 Å². The third-order valence-electron chi connectivity index (χ3n) is 3.40. The number of hydrogen-bond donors (Lipinski definition) is 2. The Morgan fingerprint density at radius 3 is 2.70 bits per heavy atom. The Kier molecular flexibility index (Phi) is 4.88. The van der Waals surface area contributed by atoms with Gasteiger partial charge in [0.1, 0.15) is 11.9 Å². The van der Waals surface area contributed by atoms with E-state index in [1.807, 2.05) is 13.8 Å². The van der Waals surface area contributed by atoms with Crippen LogP contribution in [0.2, 0.25) is 0 Å². The second-order valence-electron chi connectivity index (χ2n) is 5.84. The second kappa shape index (κ2) is 6.53. The maximum absolute atomic E-state index is 12.2. The lowest BCUT2D eigenvalue weighted by atomic mass is 10.0. The number of nitrogens with zero attached hydrogens (tertiary/aromatic N) is 2. The first kappa shape index (κ1) is 17.2. The summed E-state index contributed by atoms with van der Waals surface area (Å²) in [5, 5.41) is 11.7. The lowest BCUT2D eigenvalue weighted by Crippen LogP contribution is -2.43. The van der Waals surface area contributed by atoms with E-state index in [2.05, 4.69) is 9.71 Å². The summed E-state index contributed by atoms with van der Waals surface area (Å²) < 4.78 is 26.5. The molecule has 2 rings (SSSR count). The van der Waals surface area contributed by atoms with Crippen LogP contribution >= 0.6 is 0 Å². The van der Waals surface area contributed by atoms with Gasteiger partial charge in [-0.15, -0.1) is 4.40 Å². The topological polar surface area (TPSA) is 116 Å². The van der Waals surface area contributed by atoms with Crippen LogP contribution in [0.25, 0.3) is 0 Å². The average Bonchev–Trinajstić information content (AvgIpc) is 2.44. The number of carboxylic acids is 1. The smallest absolute Gasteiger partial charge is 0.326 e. The van der Waals surface area contributed by atoms with Gasteiger partial charge in [-0.25, -0.2) is 13.2 Å². The predicted molar refractivity (Wildman–Crippen MR) is 84.2 cm³/mol. The fourth-order valence-electron chi connectivity index (χ4n) is 2.27. The lowest BCUT2D eigenvalue weighted by Gasteiger charge is -2.27. The molecule has 126 valence electrons. The van der Waals surface area contributed by atoms with Crippen molar-refractivity contribution in [3.63, 3.8) is 0 Å². The molecule has 0 aliphatic carbocycles. The number of sulfonamides is 1. The second-order valence-corrected chi connectivity index (χ2v) is 7.60. The van der Waals surface area contributed by atoms with Crippen molar-refractivity contribution in [3.8, 4) is 0 Å². The average molecular weight is 341 g/mol. The van der Waals surface area contributed by atoms with E-state index >= 15 is 0 Å². The monoisotopic (exact) mass is 341 g/mol. The molecule has 0 saturated heterocycles. The molecule has 2 heterocycles.